The Morgan fingerprint density at radius 1 is 1.50 bits per heavy atom. The molecule has 6 nitrogen and oxygen atoms in total. The normalized spacial score (nSPS) is 18.5. The van der Waals surface area contributed by atoms with Crippen molar-refractivity contribution in [2.24, 2.45) is 0 Å². The van der Waals surface area contributed by atoms with Crippen LogP contribution in [0.15, 0.2) is 18.2 Å². The molecule has 0 aliphatic carbocycles. The Kier molecular flexibility index (Phi) is 6.94. The Balaban J connectivity index is 2.02. The first-order valence-corrected chi connectivity index (χ1v) is 9.24. The third kappa shape index (κ3) is 5.92. The van der Waals surface area contributed by atoms with Gasteiger partial charge in [-0.3, -0.25) is 0 Å². The molecule has 1 amide bonds. The number of benzene rings is 1. The number of ether oxygens (including phenoxy) is 1. The number of alkyl halides is 1. The number of aliphatic hydroxyl groups is 1. The van der Waals surface area contributed by atoms with Crippen LogP contribution in [0.3, 0.4) is 0 Å². The van der Waals surface area contributed by atoms with Gasteiger partial charge in [0.1, 0.15) is 11.4 Å². The van der Waals surface area contributed by atoms with E-state index in [0.717, 1.165) is 0 Å². The Morgan fingerprint density at radius 3 is 2.88 bits per heavy atom. The number of rotatable bonds is 6. The zero-order valence-electron chi connectivity index (χ0n) is 15.4. The number of hydrogen-bond donors (Lipinski definition) is 3. The Bertz CT molecular complexity index is 624. The van der Waals surface area contributed by atoms with E-state index in [1.165, 1.54) is 6.07 Å². The van der Waals surface area contributed by atoms with Gasteiger partial charge in [-0.15, -0.1) is 11.6 Å². The summed E-state index contributed by atoms with van der Waals surface area (Å²) in [7, 11) is 0. The lowest BCUT2D eigenvalue weighted by Crippen LogP contribution is -2.40. The number of carbonyl (C=O) groups is 1. The number of carbonyl (C=O) groups excluding carboxylic acids is 1. The van der Waals surface area contributed by atoms with Crippen LogP contribution in [0.2, 0.25) is 0 Å². The fourth-order valence-electron chi connectivity index (χ4n) is 2.82. The largest absolute Gasteiger partial charge is 0.444 e. The molecule has 146 valence electrons. The summed E-state index contributed by atoms with van der Waals surface area (Å²) >= 11 is 5.60. The summed E-state index contributed by atoms with van der Waals surface area (Å²) in [6, 6.07) is 4.65. The highest BCUT2D eigenvalue weighted by Gasteiger charge is 2.29. The highest BCUT2D eigenvalue weighted by molar-refractivity contribution is 6.18. The predicted molar refractivity (Wildman–Crippen MR) is 102 cm³/mol. The van der Waals surface area contributed by atoms with Gasteiger partial charge in [0.2, 0.25) is 0 Å². The first-order chi connectivity index (χ1) is 12.2. The molecule has 1 fully saturated rings. The van der Waals surface area contributed by atoms with Crippen molar-refractivity contribution < 1.29 is 19.0 Å². The van der Waals surface area contributed by atoms with Crippen LogP contribution < -0.4 is 15.5 Å². The fraction of sp³-hybridized carbons (Fsp3) is 0.611. The molecule has 1 saturated heterocycles. The molecular weight excluding hydrogens is 361 g/mol. The SMILES string of the molecule is CC(C)(C)OC(=O)NC1CCN(c2c(F)cccc2NCC(O)CCl)C1. The molecule has 3 N–H and O–H groups in total. The number of hydrogen-bond acceptors (Lipinski definition) is 5. The predicted octanol–water partition coefficient (Wildman–Crippen LogP) is 2.94. The summed E-state index contributed by atoms with van der Waals surface area (Å²) in [6.07, 6.45) is -0.494. The molecule has 0 aromatic heterocycles. The van der Waals surface area contributed by atoms with E-state index >= 15 is 0 Å². The van der Waals surface area contributed by atoms with Gasteiger partial charge in [0, 0.05) is 19.6 Å². The van der Waals surface area contributed by atoms with Crippen molar-refractivity contribution in [2.45, 2.75) is 44.9 Å². The molecule has 0 radical (unpaired) electrons. The molecule has 2 atom stereocenters. The van der Waals surface area contributed by atoms with Crippen LogP contribution in [0.25, 0.3) is 0 Å². The molecule has 0 spiro atoms. The van der Waals surface area contributed by atoms with Crippen molar-refractivity contribution >= 4 is 29.1 Å². The molecule has 0 saturated carbocycles. The van der Waals surface area contributed by atoms with Crippen LogP contribution in [0.4, 0.5) is 20.6 Å². The van der Waals surface area contributed by atoms with Gasteiger partial charge in [0.05, 0.1) is 29.4 Å². The van der Waals surface area contributed by atoms with Crippen molar-refractivity contribution in [3.63, 3.8) is 0 Å². The number of nitrogens with zero attached hydrogens (tertiary/aromatic N) is 1. The smallest absolute Gasteiger partial charge is 0.407 e. The van der Waals surface area contributed by atoms with E-state index in [1.54, 1.807) is 32.9 Å². The average Bonchev–Trinajstić information content (AvgIpc) is 2.98. The van der Waals surface area contributed by atoms with Crippen molar-refractivity contribution in [2.75, 3.05) is 35.7 Å². The van der Waals surface area contributed by atoms with E-state index in [2.05, 4.69) is 10.6 Å². The Hall–Kier alpha value is -1.73. The molecule has 1 aliphatic heterocycles. The average molecular weight is 388 g/mol. The first-order valence-electron chi connectivity index (χ1n) is 8.70. The molecule has 26 heavy (non-hydrogen) atoms. The quantitative estimate of drug-likeness (QED) is 0.654. The monoisotopic (exact) mass is 387 g/mol. The van der Waals surface area contributed by atoms with Crippen LogP contribution in [0, 0.1) is 5.82 Å². The van der Waals surface area contributed by atoms with Gasteiger partial charge in [-0.25, -0.2) is 9.18 Å². The lowest BCUT2D eigenvalue weighted by atomic mass is 10.2. The summed E-state index contributed by atoms with van der Waals surface area (Å²) in [5, 5.41) is 15.5. The maximum Gasteiger partial charge on any atom is 0.407 e. The van der Waals surface area contributed by atoms with Crippen LogP contribution in [-0.2, 0) is 4.74 Å². The van der Waals surface area contributed by atoms with E-state index in [-0.39, 0.29) is 24.3 Å². The number of anilines is 2. The van der Waals surface area contributed by atoms with E-state index in [4.69, 9.17) is 16.3 Å². The fourth-order valence-corrected chi connectivity index (χ4v) is 2.93. The Morgan fingerprint density at radius 2 is 2.23 bits per heavy atom. The van der Waals surface area contributed by atoms with E-state index in [1.807, 2.05) is 4.90 Å². The molecule has 1 heterocycles. The summed E-state index contributed by atoms with van der Waals surface area (Å²) < 4.78 is 19.7. The number of nitrogens with one attached hydrogen (secondary N) is 2. The topological polar surface area (TPSA) is 73.8 Å². The molecule has 1 aromatic carbocycles. The van der Waals surface area contributed by atoms with Crippen LogP contribution in [-0.4, -0.2) is 54.5 Å². The standard InChI is InChI=1S/C18H27ClFN3O3/c1-18(2,3)26-17(25)22-12-7-8-23(11-12)16-14(20)5-4-6-15(16)21-10-13(24)9-19/h4-6,12-13,21,24H,7-11H2,1-3H3,(H,22,25). The van der Waals surface area contributed by atoms with Gasteiger partial charge in [0.15, 0.2) is 0 Å². The Labute approximate surface area is 158 Å². The van der Waals surface area contributed by atoms with Crippen LogP contribution in [0.5, 0.6) is 0 Å². The van der Waals surface area contributed by atoms with Crippen LogP contribution >= 0.6 is 11.6 Å². The molecule has 2 unspecified atom stereocenters. The van der Waals surface area contributed by atoms with E-state index < -0.39 is 17.8 Å². The summed E-state index contributed by atoms with van der Waals surface area (Å²) in [5.74, 6) is -0.253. The summed E-state index contributed by atoms with van der Waals surface area (Å²) in [4.78, 5) is 13.8. The van der Waals surface area contributed by atoms with Crippen LogP contribution in [0.1, 0.15) is 27.2 Å². The van der Waals surface area contributed by atoms with Gasteiger partial charge in [-0.1, -0.05) is 6.07 Å². The van der Waals surface area contributed by atoms with Gasteiger partial charge in [0.25, 0.3) is 0 Å². The van der Waals surface area contributed by atoms with Crippen molar-refractivity contribution in [3.05, 3.63) is 24.0 Å². The maximum absolute atomic E-state index is 14.4. The van der Waals surface area contributed by atoms with Gasteiger partial charge in [-0.05, 0) is 39.3 Å². The van der Waals surface area contributed by atoms with Gasteiger partial charge >= 0.3 is 6.09 Å². The molecular formula is C18H27ClFN3O3. The zero-order chi connectivity index (χ0) is 19.3. The highest BCUT2D eigenvalue weighted by Crippen LogP contribution is 2.32. The molecule has 2 rings (SSSR count). The zero-order valence-corrected chi connectivity index (χ0v) is 16.1. The van der Waals surface area contributed by atoms with Gasteiger partial charge in [-0.2, -0.15) is 0 Å². The van der Waals surface area contributed by atoms with E-state index in [9.17, 15) is 14.3 Å². The second-order valence-electron chi connectivity index (χ2n) is 7.40. The second kappa shape index (κ2) is 8.77. The molecule has 1 aliphatic rings. The lowest BCUT2D eigenvalue weighted by Gasteiger charge is -2.24. The van der Waals surface area contributed by atoms with Crippen molar-refractivity contribution in [3.8, 4) is 0 Å². The van der Waals surface area contributed by atoms with Crippen molar-refractivity contribution in [1.82, 2.24) is 5.32 Å². The highest BCUT2D eigenvalue weighted by atomic mass is 35.5. The van der Waals surface area contributed by atoms with Crippen molar-refractivity contribution in [1.29, 1.82) is 0 Å². The third-order valence-corrected chi connectivity index (χ3v) is 4.27. The summed E-state index contributed by atoms with van der Waals surface area (Å²) in [5.41, 5.74) is 0.462. The number of aliphatic hydroxyl groups excluding tert-OH is 1. The number of alkyl carbamates (subject to hydrolysis) is 1. The number of halogens is 2. The van der Waals surface area contributed by atoms with Gasteiger partial charge < -0.3 is 25.4 Å². The second-order valence-corrected chi connectivity index (χ2v) is 7.71. The molecule has 8 heteroatoms. The third-order valence-electron chi connectivity index (χ3n) is 3.92. The molecule has 0 bridgehead atoms. The minimum Gasteiger partial charge on any atom is -0.444 e. The minimum atomic E-state index is -0.715. The maximum atomic E-state index is 14.4. The minimum absolute atomic E-state index is 0.100. The first kappa shape index (κ1) is 20.6. The number of amides is 1. The number of para-hydroxylation sites is 1. The molecule has 1 aromatic rings. The lowest BCUT2D eigenvalue weighted by molar-refractivity contribution is 0.0509. The van der Waals surface area contributed by atoms with E-state index in [0.29, 0.717) is 30.9 Å². The summed E-state index contributed by atoms with van der Waals surface area (Å²) in [6.45, 7) is 6.73.